The summed E-state index contributed by atoms with van der Waals surface area (Å²) in [7, 11) is 0. The number of alkyl halides is 3. The Morgan fingerprint density at radius 2 is 1.59 bits per heavy atom. The molecule has 2 aromatic rings. The van der Waals surface area contributed by atoms with E-state index in [4.69, 9.17) is 0 Å². The lowest BCUT2D eigenvalue weighted by Gasteiger charge is -2.10. The van der Waals surface area contributed by atoms with Crippen molar-refractivity contribution < 1.29 is 18.0 Å². The first-order valence-corrected chi connectivity index (χ1v) is 7.67. The van der Waals surface area contributed by atoms with Crippen LogP contribution in [0.5, 0.6) is 0 Å². The van der Waals surface area contributed by atoms with Crippen molar-refractivity contribution in [3.63, 3.8) is 0 Å². The maximum atomic E-state index is 12.8. The summed E-state index contributed by atoms with van der Waals surface area (Å²) in [5, 5.41) is 0. The number of thioether (sulfide) groups is 1. The van der Waals surface area contributed by atoms with Gasteiger partial charge in [-0.25, -0.2) is 0 Å². The Balaban J connectivity index is 2.48. The summed E-state index contributed by atoms with van der Waals surface area (Å²) in [6, 6.07) is 14.9. The van der Waals surface area contributed by atoms with Gasteiger partial charge in [0.05, 0.1) is 0 Å². The SMILES string of the molecule is CSc1ccc(/C=C(/C(=O)C(F)(F)F)c2ccccc2)cc1. The number of hydrogen-bond acceptors (Lipinski definition) is 2. The van der Waals surface area contributed by atoms with E-state index in [-0.39, 0.29) is 11.1 Å². The van der Waals surface area contributed by atoms with Crippen molar-refractivity contribution in [1.29, 1.82) is 0 Å². The van der Waals surface area contributed by atoms with Gasteiger partial charge in [0.15, 0.2) is 0 Å². The van der Waals surface area contributed by atoms with E-state index >= 15 is 0 Å². The summed E-state index contributed by atoms with van der Waals surface area (Å²) in [6.07, 6.45) is -1.72. The number of carbonyl (C=O) groups excluding carboxylic acids is 1. The molecular formula is C17H13F3OS. The van der Waals surface area contributed by atoms with E-state index in [9.17, 15) is 18.0 Å². The second kappa shape index (κ2) is 6.83. The van der Waals surface area contributed by atoms with E-state index < -0.39 is 12.0 Å². The van der Waals surface area contributed by atoms with Crippen LogP contribution in [0.15, 0.2) is 59.5 Å². The molecule has 0 aliphatic carbocycles. The fourth-order valence-electron chi connectivity index (χ4n) is 1.92. The van der Waals surface area contributed by atoms with Gasteiger partial charge >= 0.3 is 6.18 Å². The Labute approximate surface area is 130 Å². The number of ketones is 1. The normalized spacial score (nSPS) is 12.3. The molecule has 0 bridgehead atoms. The van der Waals surface area contributed by atoms with Crippen molar-refractivity contribution in [2.75, 3.05) is 6.26 Å². The van der Waals surface area contributed by atoms with Gasteiger partial charge in [0, 0.05) is 10.5 Å². The zero-order valence-corrected chi connectivity index (χ0v) is 12.5. The largest absolute Gasteiger partial charge is 0.454 e. The predicted molar refractivity (Wildman–Crippen MR) is 83.6 cm³/mol. The molecule has 0 fully saturated rings. The van der Waals surface area contributed by atoms with Crippen molar-refractivity contribution in [3.05, 3.63) is 65.7 Å². The first kappa shape index (κ1) is 16.4. The van der Waals surface area contributed by atoms with E-state index in [2.05, 4.69) is 0 Å². The van der Waals surface area contributed by atoms with Crippen molar-refractivity contribution >= 4 is 29.2 Å². The maximum absolute atomic E-state index is 12.8. The van der Waals surface area contributed by atoms with Gasteiger partial charge in [-0.15, -0.1) is 11.8 Å². The molecule has 114 valence electrons. The highest BCUT2D eigenvalue weighted by molar-refractivity contribution is 7.98. The number of carbonyl (C=O) groups is 1. The van der Waals surface area contributed by atoms with Gasteiger partial charge in [0.1, 0.15) is 0 Å². The molecule has 0 saturated heterocycles. The maximum Gasteiger partial charge on any atom is 0.454 e. The Hall–Kier alpha value is -2.01. The highest BCUT2D eigenvalue weighted by Crippen LogP contribution is 2.29. The van der Waals surface area contributed by atoms with Gasteiger partial charge in [0.25, 0.3) is 5.78 Å². The summed E-state index contributed by atoms with van der Waals surface area (Å²) < 4.78 is 38.4. The van der Waals surface area contributed by atoms with Gasteiger partial charge in [-0.1, -0.05) is 42.5 Å². The zero-order chi connectivity index (χ0) is 16.2. The van der Waals surface area contributed by atoms with Crippen LogP contribution in [0.3, 0.4) is 0 Å². The van der Waals surface area contributed by atoms with E-state index in [0.717, 1.165) is 4.90 Å². The molecule has 0 aliphatic heterocycles. The fraction of sp³-hybridized carbons (Fsp3) is 0.118. The molecule has 22 heavy (non-hydrogen) atoms. The molecule has 2 aromatic carbocycles. The minimum Gasteiger partial charge on any atom is -0.284 e. The summed E-state index contributed by atoms with van der Waals surface area (Å²) in [5.41, 5.74) is 0.443. The third-order valence-electron chi connectivity index (χ3n) is 3.01. The molecule has 0 saturated carbocycles. The molecular weight excluding hydrogens is 309 g/mol. The lowest BCUT2D eigenvalue weighted by Crippen LogP contribution is -2.23. The van der Waals surface area contributed by atoms with Crippen LogP contribution in [0.4, 0.5) is 13.2 Å². The Kier molecular flexibility index (Phi) is 5.08. The first-order chi connectivity index (χ1) is 10.4. The van der Waals surface area contributed by atoms with E-state index in [1.54, 1.807) is 42.5 Å². The Morgan fingerprint density at radius 3 is 2.09 bits per heavy atom. The molecule has 5 heteroatoms. The zero-order valence-electron chi connectivity index (χ0n) is 11.7. The van der Waals surface area contributed by atoms with Crippen LogP contribution in [0.25, 0.3) is 11.6 Å². The predicted octanol–water partition coefficient (Wildman–Crippen LogP) is 5.08. The molecule has 2 rings (SSSR count). The second-order valence-electron chi connectivity index (χ2n) is 4.52. The number of allylic oxidation sites excluding steroid dienone is 1. The third-order valence-corrected chi connectivity index (χ3v) is 3.76. The average molecular weight is 322 g/mol. The molecule has 1 nitrogen and oxygen atoms in total. The Morgan fingerprint density at radius 1 is 1.00 bits per heavy atom. The fourth-order valence-corrected chi connectivity index (χ4v) is 2.33. The van der Waals surface area contributed by atoms with Crippen molar-refractivity contribution in [1.82, 2.24) is 0 Å². The second-order valence-corrected chi connectivity index (χ2v) is 5.40. The van der Waals surface area contributed by atoms with Crippen LogP contribution in [0.1, 0.15) is 11.1 Å². The Bertz CT molecular complexity index is 673. The molecule has 0 unspecified atom stereocenters. The number of rotatable bonds is 4. The van der Waals surface area contributed by atoms with Crippen LogP contribution in [-0.2, 0) is 4.79 Å². The molecule has 0 spiro atoms. The monoisotopic (exact) mass is 322 g/mol. The number of hydrogen-bond donors (Lipinski definition) is 0. The molecule has 0 aromatic heterocycles. The number of halogens is 3. The molecule has 0 atom stereocenters. The van der Waals surface area contributed by atoms with Gasteiger partial charge in [-0.2, -0.15) is 13.2 Å². The van der Waals surface area contributed by atoms with Gasteiger partial charge in [0.2, 0.25) is 0 Å². The van der Waals surface area contributed by atoms with Crippen LogP contribution in [0.2, 0.25) is 0 Å². The average Bonchev–Trinajstić information content (AvgIpc) is 2.52. The van der Waals surface area contributed by atoms with E-state index in [1.165, 1.54) is 30.0 Å². The lowest BCUT2D eigenvalue weighted by atomic mass is 9.98. The van der Waals surface area contributed by atoms with Crippen LogP contribution >= 0.6 is 11.8 Å². The number of Topliss-reactive ketones (excluding diaryl/α,β-unsaturated/α-hetero) is 1. The molecule has 0 radical (unpaired) electrons. The third kappa shape index (κ3) is 4.01. The first-order valence-electron chi connectivity index (χ1n) is 6.44. The van der Waals surface area contributed by atoms with Gasteiger partial charge < -0.3 is 0 Å². The minimum absolute atomic E-state index is 0.249. The molecule has 0 amide bonds. The van der Waals surface area contributed by atoms with Crippen molar-refractivity contribution in [3.8, 4) is 0 Å². The van der Waals surface area contributed by atoms with Crippen molar-refractivity contribution in [2.45, 2.75) is 11.1 Å². The topological polar surface area (TPSA) is 17.1 Å². The standard InChI is InChI=1S/C17H13F3OS/c1-22-14-9-7-12(8-10-14)11-15(16(21)17(18,19)20)13-5-3-2-4-6-13/h2-11H,1H3/b15-11+. The van der Waals surface area contributed by atoms with Gasteiger partial charge in [-0.05, 0) is 35.6 Å². The summed E-state index contributed by atoms with van der Waals surface area (Å²) in [6.45, 7) is 0. The molecule has 0 aliphatic rings. The van der Waals surface area contributed by atoms with E-state index in [0.29, 0.717) is 5.56 Å². The van der Waals surface area contributed by atoms with Crippen molar-refractivity contribution in [2.24, 2.45) is 0 Å². The van der Waals surface area contributed by atoms with Gasteiger partial charge in [-0.3, -0.25) is 4.79 Å². The smallest absolute Gasteiger partial charge is 0.284 e. The molecule has 0 N–H and O–H groups in total. The minimum atomic E-state index is -4.90. The molecule has 0 heterocycles. The number of benzene rings is 2. The summed E-state index contributed by atoms with van der Waals surface area (Å²) >= 11 is 1.54. The van der Waals surface area contributed by atoms with Crippen LogP contribution in [0, 0.1) is 0 Å². The summed E-state index contributed by atoms with van der Waals surface area (Å²) in [5.74, 6) is -1.84. The van der Waals surface area contributed by atoms with Crippen LogP contribution in [-0.4, -0.2) is 18.2 Å². The van der Waals surface area contributed by atoms with E-state index in [1.807, 2.05) is 6.26 Å². The highest BCUT2D eigenvalue weighted by Gasteiger charge is 2.40. The quantitative estimate of drug-likeness (QED) is 0.443. The highest BCUT2D eigenvalue weighted by atomic mass is 32.2. The van der Waals surface area contributed by atoms with Crippen LogP contribution < -0.4 is 0 Å². The summed E-state index contributed by atoms with van der Waals surface area (Å²) in [4.78, 5) is 12.7. The lowest BCUT2D eigenvalue weighted by molar-refractivity contribution is -0.164.